The summed E-state index contributed by atoms with van der Waals surface area (Å²) in [5, 5.41) is 0. The molecule has 0 atom stereocenters. The van der Waals surface area contributed by atoms with Crippen LogP contribution in [0.3, 0.4) is 0 Å². The molecule has 0 aromatic rings. The fourth-order valence-corrected chi connectivity index (χ4v) is 2.09. The van der Waals surface area contributed by atoms with E-state index in [9.17, 15) is 0 Å². The number of fused-ring (bicyclic) bond motifs is 1. The Kier molecular flexibility index (Phi) is 3.38. The summed E-state index contributed by atoms with van der Waals surface area (Å²) in [5.74, 6) is 1.01. The van der Waals surface area contributed by atoms with E-state index in [0.717, 1.165) is 29.0 Å². The first-order valence-electron chi connectivity index (χ1n) is 4.88. The summed E-state index contributed by atoms with van der Waals surface area (Å²) >= 11 is 3.56. The van der Waals surface area contributed by atoms with E-state index in [0.29, 0.717) is 6.61 Å². The van der Waals surface area contributed by atoms with Crippen molar-refractivity contribution in [1.29, 1.82) is 0 Å². The monoisotopic (exact) mass is 268 g/mol. The van der Waals surface area contributed by atoms with Crippen molar-refractivity contribution in [2.24, 2.45) is 4.99 Å². The molecule has 0 amide bonds. The normalized spacial score (nSPS) is 19.3. The zero-order valence-corrected chi connectivity index (χ0v) is 10.2. The Hall–Kier alpha value is -0.870. The standard InChI is InChI=1S/C11H13BrN2O/c1-15-7-5-10-9(12)8-14-6-3-2-4-11(14)13-10/h2-4,6H,5,7-8H2,1H3. The average Bonchev–Trinajstić information content (AvgIpc) is 2.26. The summed E-state index contributed by atoms with van der Waals surface area (Å²) in [6.07, 6.45) is 8.92. The molecule has 0 saturated heterocycles. The van der Waals surface area contributed by atoms with Crippen LogP contribution in [0, 0.1) is 0 Å². The Morgan fingerprint density at radius 3 is 3.20 bits per heavy atom. The van der Waals surface area contributed by atoms with Crippen molar-refractivity contribution in [2.75, 3.05) is 20.3 Å². The topological polar surface area (TPSA) is 24.8 Å². The molecule has 0 saturated carbocycles. The number of aliphatic imine (C=N–C) groups is 1. The summed E-state index contributed by atoms with van der Waals surface area (Å²) in [4.78, 5) is 6.69. The quantitative estimate of drug-likeness (QED) is 0.786. The molecule has 80 valence electrons. The molecule has 0 bridgehead atoms. The van der Waals surface area contributed by atoms with Gasteiger partial charge in [0, 0.05) is 24.2 Å². The maximum atomic E-state index is 5.06. The second-order valence-electron chi connectivity index (χ2n) is 3.39. The molecule has 0 fully saturated rings. The van der Waals surface area contributed by atoms with Gasteiger partial charge in [0.25, 0.3) is 0 Å². The molecule has 0 spiro atoms. The SMILES string of the molecule is COCCC1=C(Br)CN2C=CC=CC2=N1. The minimum Gasteiger partial charge on any atom is -0.384 e. The van der Waals surface area contributed by atoms with Crippen molar-refractivity contribution in [1.82, 2.24) is 4.90 Å². The molecule has 2 heterocycles. The molecular weight excluding hydrogens is 256 g/mol. The van der Waals surface area contributed by atoms with Crippen LogP contribution in [0.4, 0.5) is 0 Å². The minimum atomic E-state index is 0.709. The van der Waals surface area contributed by atoms with Crippen LogP contribution in [-0.2, 0) is 4.74 Å². The molecule has 0 N–H and O–H groups in total. The molecule has 0 aliphatic carbocycles. The number of methoxy groups -OCH3 is 1. The minimum absolute atomic E-state index is 0.709. The number of halogens is 1. The van der Waals surface area contributed by atoms with Gasteiger partial charge in [-0.3, -0.25) is 0 Å². The summed E-state index contributed by atoms with van der Waals surface area (Å²) in [5.41, 5.74) is 1.09. The van der Waals surface area contributed by atoms with Gasteiger partial charge in [0.15, 0.2) is 0 Å². The van der Waals surface area contributed by atoms with E-state index in [2.05, 4.69) is 25.8 Å². The lowest BCUT2D eigenvalue weighted by Gasteiger charge is -2.27. The summed E-state index contributed by atoms with van der Waals surface area (Å²) < 4.78 is 6.20. The van der Waals surface area contributed by atoms with Gasteiger partial charge in [-0.05, 0) is 12.2 Å². The first kappa shape index (κ1) is 10.6. The van der Waals surface area contributed by atoms with Crippen LogP contribution in [0.2, 0.25) is 0 Å². The maximum absolute atomic E-state index is 5.06. The fourth-order valence-electron chi connectivity index (χ4n) is 1.53. The van der Waals surface area contributed by atoms with E-state index >= 15 is 0 Å². The lowest BCUT2D eigenvalue weighted by Crippen LogP contribution is -2.30. The smallest absolute Gasteiger partial charge is 0.133 e. The highest BCUT2D eigenvalue weighted by Crippen LogP contribution is 2.24. The first-order chi connectivity index (χ1) is 7.31. The molecule has 3 nitrogen and oxygen atoms in total. The lowest BCUT2D eigenvalue weighted by atomic mass is 10.2. The van der Waals surface area contributed by atoms with Gasteiger partial charge < -0.3 is 9.64 Å². The largest absolute Gasteiger partial charge is 0.384 e. The van der Waals surface area contributed by atoms with Gasteiger partial charge >= 0.3 is 0 Å². The van der Waals surface area contributed by atoms with Gasteiger partial charge in [-0.1, -0.05) is 22.0 Å². The predicted molar refractivity (Wildman–Crippen MR) is 64.9 cm³/mol. The lowest BCUT2D eigenvalue weighted by molar-refractivity contribution is 0.201. The number of nitrogens with zero attached hydrogens (tertiary/aromatic N) is 2. The highest BCUT2D eigenvalue weighted by Gasteiger charge is 2.17. The van der Waals surface area contributed by atoms with Crippen molar-refractivity contribution in [3.63, 3.8) is 0 Å². The van der Waals surface area contributed by atoms with E-state index < -0.39 is 0 Å². The van der Waals surface area contributed by atoms with Crippen molar-refractivity contribution < 1.29 is 4.74 Å². The van der Waals surface area contributed by atoms with Crippen molar-refractivity contribution in [3.05, 3.63) is 34.6 Å². The number of allylic oxidation sites excluding steroid dienone is 2. The third-order valence-electron chi connectivity index (χ3n) is 2.33. The van der Waals surface area contributed by atoms with E-state index in [4.69, 9.17) is 4.74 Å². The van der Waals surface area contributed by atoms with Gasteiger partial charge in [0.1, 0.15) is 5.84 Å². The molecule has 4 heteroatoms. The van der Waals surface area contributed by atoms with Gasteiger partial charge in [-0.2, -0.15) is 0 Å². The third-order valence-corrected chi connectivity index (χ3v) is 3.04. The molecular formula is C11H13BrN2O. The highest BCUT2D eigenvalue weighted by atomic mass is 79.9. The summed E-state index contributed by atoms with van der Waals surface area (Å²) in [6, 6.07) is 0. The van der Waals surface area contributed by atoms with Crippen LogP contribution in [0.25, 0.3) is 0 Å². The van der Waals surface area contributed by atoms with Crippen LogP contribution in [0.1, 0.15) is 6.42 Å². The molecule has 2 aliphatic heterocycles. The number of hydrogen-bond acceptors (Lipinski definition) is 3. The molecule has 2 aliphatic rings. The Morgan fingerprint density at radius 2 is 2.40 bits per heavy atom. The average molecular weight is 269 g/mol. The molecule has 0 aromatic heterocycles. The number of hydrogen-bond donors (Lipinski definition) is 0. The van der Waals surface area contributed by atoms with Crippen molar-refractivity contribution >= 4 is 21.8 Å². The Labute approximate surface area is 97.9 Å². The third kappa shape index (κ3) is 2.38. The van der Waals surface area contributed by atoms with Crippen LogP contribution < -0.4 is 0 Å². The Balaban J connectivity index is 2.16. The van der Waals surface area contributed by atoms with Gasteiger partial charge in [0.05, 0.1) is 18.8 Å². The summed E-state index contributed by atoms with van der Waals surface area (Å²) in [7, 11) is 1.71. The van der Waals surface area contributed by atoms with Crippen LogP contribution >= 0.6 is 15.9 Å². The number of ether oxygens (including phenoxy) is 1. The van der Waals surface area contributed by atoms with Crippen molar-refractivity contribution in [3.8, 4) is 0 Å². The summed E-state index contributed by atoms with van der Waals surface area (Å²) in [6.45, 7) is 1.57. The van der Waals surface area contributed by atoms with Crippen LogP contribution in [0.15, 0.2) is 39.6 Å². The highest BCUT2D eigenvalue weighted by molar-refractivity contribution is 9.11. The van der Waals surface area contributed by atoms with Crippen molar-refractivity contribution in [2.45, 2.75) is 6.42 Å². The maximum Gasteiger partial charge on any atom is 0.133 e. The van der Waals surface area contributed by atoms with E-state index in [1.807, 2.05) is 24.4 Å². The van der Waals surface area contributed by atoms with Crippen LogP contribution in [0.5, 0.6) is 0 Å². The van der Waals surface area contributed by atoms with Gasteiger partial charge in [0.2, 0.25) is 0 Å². The second-order valence-corrected chi connectivity index (χ2v) is 4.35. The van der Waals surface area contributed by atoms with Crippen LogP contribution in [-0.4, -0.2) is 31.0 Å². The second kappa shape index (κ2) is 4.77. The number of rotatable bonds is 3. The zero-order valence-electron chi connectivity index (χ0n) is 8.61. The van der Waals surface area contributed by atoms with E-state index in [-0.39, 0.29) is 0 Å². The zero-order chi connectivity index (χ0) is 10.7. The Morgan fingerprint density at radius 1 is 1.53 bits per heavy atom. The van der Waals surface area contributed by atoms with E-state index in [1.54, 1.807) is 7.11 Å². The molecule has 2 rings (SSSR count). The molecule has 15 heavy (non-hydrogen) atoms. The van der Waals surface area contributed by atoms with Gasteiger partial charge in [-0.15, -0.1) is 0 Å². The molecule has 0 radical (unpaired) electrons. The molecule has 0 unspecified atom stereocenters. The Bertz CT molecular complexity index is 369. The van der Waals surface area contributed by atoms with E-state index in [1.165, 1.54) is 0 Å². The molecule has 0 aromatic carbocycles. The van der Waals surface area contributed by atoms with Gasteiger partial charge in [-0.25, -0.2) is 4.99 Å². The predicted octanol–water partition coefficient (Wildman–Crippen LogP) is 2.43. The fraction of sp³-hybridized carbons (Fsp3) is 0.364. The number of amidine groups is 1. The first-order valence-corrected chi connectivity index (χ1v) is 5.67.